The minimum atomic E-state index is 1.05. The topological polar surface area (TPSA) is 17.1 Å². The van der Waals surface area contributed by atoms with Crippen molar-refractivity contribution < 1.29 is 4.79 Å². The summed E-state index contributed by atoms with van der Waals surface area (Å²) in [4.78, 5) is 8.00. The van der Waals surface area contributed by atoms with Crippen LogP contribution < -0.4 is 0 Å². The van der Waals surface area contributed by atoms with Gasteiger partial charge in [-0.1, -0.05) is 96.5 Å². The predicted molar refractivity (Wildman–Crippen MR) is 125 cm³/mol. The molecule has 30 heavy (non-hydrogen) atoms. The third-order valence-corrected chi connectivity index (χ3v) is 3.80. The third-order valence-electron chi connectivity index (χ3n) is 3.80. The van der Waals surface area contributed by atoms with Gasteiger partial charge < -0.3 is 4.79 Å². The molecule has 1 nitrogen and oxygen atoms in total. The fourth-order valence-electron chi connectivity index (χ4n) is 2.37. The minimum absolute atomic E-state index is 1.05. The van der Waals surface area contributed by atoms with Crippen LogP contribution in [0.5, 0.6) is 0 Å². The Balaban J connectivity index is 0.000000197. The highest BCUT2D eigenvalue weighted by atomic mass is 16.1. The van der Waals surface area contributed by atoms with Gasteiger partial charge in [0, 0.05) is 22.3 Å². The van der Waals surface area contributed by atoms with E-state index in [-0.39, 0.29) is 0 Å². The van der Waals surface area contributed by atoms with Crippen LogP contribution in [0.3, 0.4) is 0 Å². The molecule has 1 heteroatoms. The standard InChI is InChI=1S/2C14H10.CH2O/c2*1-3-7-13(8-4-1)11-12-14-9-5-2-6-10-14;1-2/h2*1-10H;1H2. The lowest BCUT2D eigenvalue weighted by Crippen LogP contribution is -1.73. The van der Waals surface area contributed by atoms with Crippen LogP contribution in [-0.4, -0.2) is 6.79 Å². The molecule has 4 aromatic rings. The molecule has 0 aromatic heterocycles. The summed E-state index contributed by atoms with van der Waals surface area (Å²) >= 11 is 0. The van der Waals surface area contributed by atoms with E-state index < -0.39 is 0 Å². The van der Waals surface area contributed by atoms with Crippen molar-refractivity contribution in [3.05, 3.63) is 144 Å². The van der Waals surface area contributed by atoms with E-state index in [4.69, 9.17) is 4.79 Å². The maximum atomic E-state index is 8.00. The van der Waals surface area contributed by atoms with Gasteiger partial charge in [0.25, 0.3) is 0 Å². The Morgan fingerprint density at radius 3 is 0.667 bits per heavy atom. The quantitative estimate of drug-likeness (QED) is 0.339. The van der Waals surface area contributed by atoms with Crippen LogP contribution in [0.15, 0.2) is 121 Å². The Morgan fingerprint density at radius 2 is 0.500 bits per heavy atom. The molecule has 0 saturated heterocycles. The molecule has 4 aromatic carbocycles. The maximum Gasteiger partial charge on any atom is 0.106 e. The second kappa shape index (κ2) is 13.8. The average molecular weight is 386 g/mol. The molecule has 0 atom stereocenters. The number of hydrogen-bond acceptors (Lipinski definition) is 1. The first-order valence-corrected chi connectivity index (χ1v) is 9.43. The molecular formula is C29H22O. The fraction of sp³-hybridized carbons (Fsp3) is 0. The smallest absolute Gasteiger partial charge is 0.106 e. The van der Waals surface area contributed by atoms with Gasteiger partial charge >= 0.3 is 0 Å². The van der Waals surface area contributed by atoms with E-state index in [0.29, 0.717) is 0 Å². The Morgan fingerprint density at radius 1 is 0.333 bits per heavy atom. The van der Waals surface area contributed by atoms with Gasteiger partial charge in [-0.3, -0.25) is 0 Å². The summed E-state index contributed by atoms with van der Waals surface area (Å²) in [5.41, 5.74) is 4.21. The van der Waals surface area contributed by atoms with Gasteiger partial charge in [0.2, 0.25) is 0 Å². The van der Waals surface area contributed by atoms with Crippen LogP contribution in [-0.2, 0) is 4.79 Å². The largest absolute Gasteiger partial charge is 0.307 e. The van der Waals surface area contributed by atoms with Gasteiger partial charge in [0.15, 0.2) is 0 Å². The van der Waals surface area contributed by atoms with Gasteiger partial charge in [-0.25, -0.2) is 0 Å². The lowest BCUT2D eigenvalue weighted by molar-refractivity contribution is -0.0979. The molecule has 0 fully saturated rings. The number of carbonyl (C=O) groups is 1. The van der Waals surface area contributed by atoms with Crippen LogP contribution in [0.1, 0.15) is 22.3 Å². The Bertz CT molecular complexity index is 916. The van der Waals surface area contributed by atoms with E-state index in [1.807, 2.05) is 128 Å². The predicted octanol–water partition coefficient (Wildman–Crippen LogP) is 5.99. The molecule has 0 unspecified atom stereocenters. The van der Waals surface area contributed by atoms with Gasteiger partial charge in [0.05, 0.1) is 0 Å². The fourth-order valence-corrected chi connectivity index (χ4v) is 2.37. The first-order valence-electron chi connectivity index (χ1n) is 9.43. The molecule has 0 aliphatic heterocycles. The second-order valence-electron chi connectivity index (χ2n) is 5.96. The van der Waals surface area contributed by atoms with E-state index in [9.17, 15) is 0 Å². The van der Waals surface area contributed by atoms with Crippen LogP contribution in [0.4, 0.5) is 0 Å². The highest BCUT2D eigenvalue weighted by Crippen LogP contribution is 1.99. The molecule has 4 rings (SSSR count). The van der Waals surface area contributed by atoms with E-state index in [0.717, 1.165) is 22.3 Å². The molecule has 0 heterocycles. The summed E-state index contributed by atoms with van der Waals surface area (Å²) in [6.07, 6.45) is 0. The van der Waals surface area contributed by atoms with E-state index in [2.05, 4.69) is 23.7 Å². The Kier molecular flexibility index (Phi) is 10.1. The van der Waals surface area contributed by atoms with Crippen LogP contribution in [0.2, 0.25) is 0 Å². The van der Waals surface area contributed by atoms with Crippen molar-refractivity contribution in [2.45, 2.75) is 0 Å². The summed E-state index contributed by atoms with van der Waals surface area (Å²) in [5, 5.41) is 0. The van der Waals surface area contributed by atoms with Crippen LogP contribution in [0.25, 0.3) is 0 Å². The Labute approximate surface area is 179 Å². The molecule has 0 spiro atoms. The number of carbonyl (C=O) groups excluding carboxylic acids is 1. The zero-order chi connectivity index (χ0) is 21.3. The highest BCUT2D eigenvalue weighted by Gasteiger charge is 1.84. The third kappa shape index (κ3) is 8.57. The van der Waals surface area contributed by atoms with Crippen molar-refractivity contribution >= 4 is 6.79 Å². The first kappa shape index (κ1) is 22.0. The summed E-state index contributed by atoms with van der Waals surface area (Å²) in [6.45, 7) is 2.00. The molecule has 0 N–H and O–H groups in total. The van der Waals surface area contributed by atoms with Crippen molar-refractivity contribution in [3.8, 4) is 23.7 Å². The second-order valence-corrected chi connectivity index (χ2v) is 5.96. The molecule has 0 aliphatic rings. The van der Waals surface area contributed by atoms with Gasteiger partial charge in [-0.05, 0) is 48.5 Å². The number of benzene rings is 4. The van der Waals surface area contributed by atoms with E-state index >= 15 is 0 Å². The minimum Gasteiger partial charge on any atom is -0.307 e. The van der Waals surface area contributed by atoms with Crippen molar-refractivity contribution in [1.82, 2.24) is 0 Å². The normalized spacial score (nSPS) is 8.40. The molecule has 0 radical (unpaired) electrons. The summed E-state index contributed by atoms with van der Waals surface area (Å²) < 4.78 is 0. The monoisotopic (exact) mass is 386 g/mol. The summed E-state index contributed by atoms with van der Waals surface area (Å²) in [7, 11) is 0. The molecule has 0 bridgehead atoms. The maximum absolute atomic E-state index is 8.00. The highest BCUT2D eigenvalue weighted by molar-refractivity contribution is 5.43. The lowest BCUT2D eigenvalue weighted by Gasteiger charge is -1.88. The van der Waals surface area contributed by atoms with Crippen LogP contribution in [0, 0.1) is 23.7 Å². The average Bonchev–Trinajstić information content (AvgIpc) is 2.86. The van der Waals surface area contributed by atoms with Crippen molar-refractivity contribution in [2.75, 3.05) is 0 Å². The lowest BCUT2D eigenvalue weighted by atomic mass is 10.2. The van der Waals surface area contributed by atoms with E-state index in [1.165, 1.54) is 0 Å². The van der Waals surface area contributed by atoms with Crippen LogP contribution >= 0.6 is 0 Å². The molecule has 0 amide bonds. The number of rotatable bonds is 0. The summed E-state index contributed by atoms with van der Waals surface area (Å²) in [5.74, 6) is 12.4. The van der Waals surface area contributed by atoms with Crippen molar-refractivity contribution in [1.29, 1.82) is 0 Å². The van der Waals surface area contributed by atoms with Crippen molar-refractivity contribution in [2.24, 2.45) is 0 Å². The molecular weight excluding hydrogens is 364 g/mol. The van der Waals surface area contributed by atoms with Gasteiger partial charge in [-0.15, -0.1) is 0 Å². The zero-order valence-electron chi connectivity index (χ0n) is 16.7. The van der Waals surface area contributed by atoms with Crippen molar-refractivity contribution in [3.63, 3.8) is 0 Å². The Hall–Kier alpha value is -4.33. The van der Waals surface area contributed by atoms with E-state index in [1.54, 1.807) is 0 Å². The van der Waals surface area contributed by atoms with Gasteiger partial charge in [0.1, 0.15) is 6.79 Å². The summed E-state index contributed by atoms with van der Waals surface area (Å²) in [6, 6.07) is 40.0. The first-order chi connectivity index (χ1) is 14.9. The van der Waals surface area contributed by atoms with Gasteiger partial charge in [-0.2, -0.15) is 0 Å². The zero-order valence-corrected chi connectivity index (χ0v) is 16.7. The molecule has 144 valence electrons. The molecule has 0 saturated carbocycles. The number of hydrogen-bond donors (Lipinski definition) is 0. The SMILES string of the molecule is C(#Cc1ccccc1)c1ccccc1.C(#Cc1ccccc1)c1ccccc1.C=O. The molecule has 0 aliphatic carbocycles.